The number of carboxylic acid groups (broad SMARTS) is 1. The van der Waals surface area contributed by atoms with Crippen molar-refractivity contribution in [1.82, 2.24) is 5.32 Å². The molecular formula is C24H18F3NO7. The highest BCUT2D eigenvalue weighted by molar-refractivity contribution is 6.26. The molecular weight excluding hydrogens is 471 g/mol. The predicted molar refractivity (Wildman–Crippen MR) is 113 cm³/mol. The molecule has 3 aliphatic rings. The predicted octanol–water partition coefficient (Wildman–Crippen LogP) is 3.33. The molecule has 1 aromatic rings. The minimum atomic E-state index is -4.84. The molecule has 0 spiro atoms. The van der Waals surface area contributed by atoms with E-state index in [0.29, 0.717) is 35.1 Å². The number of nitrogens with one attached hydrogen (secondary N) is 1. The van der Waals surface area contributed by atoms with Gasteiger partial charge in [0.2, 0.25) is 0 Å². The minimum absolute atomic E-state index is 0.228. The Morgan fingerprint density at radius 3 is 2.43 bits per heavy atom. The lowest BCUT2D eigenvalue weighted by Crippen LogP contribution is -2.34. The van der Waals surface area contributed by atoms with Gasteiger partial charge < -0.3 is 20.3 Å². The molecule has 3 N–H and O–H groups in total. The molecule has 0 radical (unpaired) electrons. The number of carbonyl (C=O) groups is 4. The number of rotatable bonds is 6. The van der Waals surface area contributed by atoms with Gasteiger partial charge in [0.1, 0.15) is 23.6 Å². The molecule has 4 rings (SSSR count). The van der Waals surface area contributed by atoms with Gasteiger partial charge in [0.25, 0.3) is 5.91 Å². The molecule has 1 fully saturated rings. The zero-order valence-corrected chi connectivity index (χ0v) is 17.9. The number of Topliss-reactive ketones (excluding diaryl/α,β-unsaturated/α-hetero) is 1. The number of halogens is 3. The maximum absolute atomic E-state index is 12.9. The fourth-order valence-corrected chi connectivity index (χ4v) is 4.43. The number of amides is 1. The topological polar surface area (TPSA) is 130 Å². The highest BCUT2D eigenvalue weighted by Crippen LogP contribution is 2.46. The largest absolute Gasteiger partial charge is 0.573 e. The summed E-state index contributed by atoms with van der Waals surface area (Å²) in [6, 6.07) is 4.66. The van der Waals surface area contributed by atoms with E-state index in [1.165, 1.54) is 18.2 Å². The van der Waals surface area contributed by atoms with Crippen molar-refractivity contribution in [2.24, 2.45) is 5.92 Å². The number of hydrogen-bond acceptors (Lipinski definition) is 6. The molecule has 182 valence electrons. The van der Waals surface area contributed by atoms with Crippen LogP contribution in [0, 0.1) is 5.92 Å². The molecule has 0 bridgehead atoms. The van der Waals surface area contributed by atoms with E-state index in [-0.39, 0.29) is 17.8 Å². The van der Waals surface area contributed by atoms with E-state index in [1.54, 1.807) is 6.08 Å². The highest BCUT2D eigenvalue weighted by atomic mass is 19.4. The third-order valence-corrected chi connectivity index (χ3v) is 5.89. The minimum Gasteiger partial charge on any atom is -0.506 e. The van der Waals surface area contributed by atoms with Gasteiger partial charge in [-0.1, -0.05) is 6.08 Å². The van der Waals surface area contributed by atoms with Gasteiger partial charge in [-0.3, -0.25) is 19.2 Å². The molecule has 0 aromatic heterocycles. The zero-order valence-electron chi connectivity index (χ0n) is 17.9. The summed E-state index contributed by atoms with van der Waals surface area (Å²) in [4.78, 5) is 48.3. The van der Waals surface area contributed by atoms with Crippen molar-refractivity contribution in [3.63, 3.8) is 0 Å². The second-order valence-corrected chi connectivity index (χ2v) is 8.16. The summed E-state index contributed by atoms with van der Waals surface area (Å²) >= 11 is 0. The number of aliphatic hydroxyl groups is 1. The average Bonchev–Trinajstić information content (AvgIpc) is 3.14. The molecule has 3 aliphatic carbocycles. The van der Waals surface area contributed by atoms with Gasteiger partial charge in [-0.25, -0.2) is 0 Å². The summed E-state index contributed by atoms with van der Waals surface area (Å²) in [5, 5.41) is 21.5. The van der Waals surface area contributed by atoms with E-state index < -0.39 is 53.6 Å². The summed E-state index contributed by atoms with van der Waals surface area (Å²) in [6.07, 6.45) is -0.990. The third kappa shape index (κ3) is 4.88. The molecule has 1 unspecified atom stereocenters. The van der Waals surface area contributed by atoms with Crippen LogP contribution in [-0.2, 0) is 14.4 Å². The van der Waals surface area contributed by atoms with Crippen LogP contribution in [0.4, 0.5) is 13.2 Å². The Morgan fingerprint density at radius 1 is 1.11 bits per heavy atom. The van der Waals surface area contributed by atoms with Crippen LogP contribution in [0.5, 0.6) is 5.75 Å². The van der Waals surface area contributed by atoms with Gasteiger partial charge in [0.05, 0.1) is 0 Å². The number of ether oxygens (including phenoxy) is 1. The number of alkyl halides is 3. The van der Waals surface area contributed by atoms with Crippen molar-refractivity contribution in [2.45, 2.75) is 25.6 Å². The fraction of sp³-hybridized carbons (Fsp3) is 0.250. The molecule has 8 nitrogen and oxygen atoms in total. The number of aliphatic hydroxyl groups excluding tert-OH is 1. The maximum Gasteiger partial charge on any atom is 0.573 e. The molecule has 0 heterocycles. The summed E-state index contributed by atoms with van der Waals surface area (Å²) in [7, 11) is 0. The molecule has 0 aliphatic heterocycles. The summed E-state index contributed by atoms with van der Waals surface area (Å²) in [6.45, 7) is -0.720. The van der Waals surface area contributed by atoms with Gasteiger partial charge in [-0.2, -0.15) is 0 Å². The van der Waals surface area contributed by atoms with Crippen molar-refractivity contribution >= 4 is 23.4 Å². The van der Waals surface area contributed by atoms with Gasteiger partial charge in [0.15, 0.2) is 11.6 Å². The van der Waals surface area contributed by atoms with Crippen LogP contribution >= 0.6 is 0 Å². The number of carbonyl (C=O) groups excluding carboxylic acids is 3. The lowest BCUT2D eigenvalue weighted by molar-refractivity contribution is -0.274. The zero-order chi connectivity index (χ0) is 25.5. The van der Waals surface area contributed by atoms with E-state index >= 15 is 0 Å². The lowest BCUT2D eigenvalue weighted by Gasteiger charge is -2.25. The second-order valence-electron chi connectivity index (χ2n) is 8.16. The highest BCUT2D eigenvalue weighted by Gasteiger charge is 2.38. The number of aliphatic carboxylic acids is 1. The third-order valence-electron chi connectivity index (χ3n) is 5.89. The van der Waals surface area contributed by atoms with Crippen LogP contribution in [-0.4, -0.2) is 46.6 Å². The number of hydrogen-bond donors (Lipinski definition) is 3. The molecule has 1 amide bonds. The summed E-state index contributed by atoms with van der Waals surface area (Å²) in [5.74, 6) is -4.79. The Balaban J connectivity index is 1.53. The fourth-order valence-electron chi connectivity index (χ4n) is 4.43. The lowest BCUT2D eigenvalue weighted by atomic mass is 9.78. The Kier molecular flexibility index (Phi) is 6.10. The molecule has 1 aromatic carbocycles. The quantitative estimate of drug-likeness (QED) is 0.413. The van der Waals surface area contributed by atoms with Crippen molar-refractivity contribution in [3.05, 3.63) is 75.6 Å². The van der Waals surface area contributed by atoms with Crippen molar-refractivity contribution < 1.29 is 47.3 Å². The van der Waals surface area contributed by atoms with Crippen LogP contribution in [0.2, 0.25) is 0 Å². The normalized spacial score (nSPS) is 19.5. The van der Waals surface area contributed by atoms with E-state index in [1.807, 2.05) is 0 Å². The first kappa shape index (κ1) is 24.0. The standard InChI is InChI=1S/C24H18F3NO7/c25-24(26,27)35-15-4-1-11(2-5-15)21(32)12-3-6-16-13(7-12)8-14-9-17(29)20(22(33)19(14)16)23(34)28-10-18(30)31/h1-2,4-5,8-9,12,33H,3,6-7,10H2,(H,28,34)(H,30,31). The van der Waals surface area contributed by atoms with Crippen molar-refractivity contribution in [2.75, 3.05) is 6.54 Å². The second kappa shape index (κ2) is 8.90. The summed E-state index contributed by atoms with van der Waals surface area (Å²) in [5.41, 5.74) is 1.77. The van der Waals surface area contributed by atoms with E-state index in [4.69, 9.17) is 5.11 Å². The van der Waals surface area contributed by atoms with Crippen LogP contribution < -0.4 is 10.1 Å². The van der Waals surface area contributed by atoms with Crippen LogP contribution in [0.1, 0.15) is 29.6 Å². The Labute approximate surface area is 196 Å². The number of carboxylic acids is 1. The maximum atomic E-state index is 12.9. The smallest absolute Gasteiger partial charge is 0.506 e. The number of allylic oxidation sites excluding steroid dienone is 5. The molecule has 35 heavy (non-hydrogen) atoms. The SMILES string of the molecule is O=C(O)CNC(=O)C1=C(O)C2=C3CCC(C(=O)c4ccc(OC(F)(F)F)cc4)CC3=CC2=CC1=O. The monoisotopic (exact) mass is 489 g/mol. The van der Waals surface area contributed by atoms with Crippen LogP contribution in [0.3, 0.4) is 0 Å². The number of benzene rings is 1. The molecule has 0 saturated heterocycles. The van der Waals surface area contributed by atoms with Crippen molar-refractivity contribution in [1.29, 1.82) is 0 Å². The van der Waals surface area contributed by atoms with E-state index in [2.05, 4.69) is 10.1 Å². The first-order valence-electron chi connectivity index (χ1n) is 10.5. The Morgan fingerprint density at radius 2 is 1.80 bits per heavy atom. The van der Waals surface area contributed by atoms with Gasteiger partial charge >= 0.3 is 12.3 Å². The number of ketones is 2. The Bertz CT molecular complexity index is 1270. The van der Waals surface area contributed by atoms with E-state index in [9.17, 15) is 37.5 Å². The molecule has 1 saturated carbocycles. The van der Waals surface area contributed by atoms with Crippen molar-refractivity contribution in [3.8, 4) is 5.75 Å². The first-order chi connectivity index (χ1) is 16.4. The van der Waals surface area contributed by atoms with Crippen LogP contribution in [0.15, 0.2) is 70.0 Å². The summed E-state index contributed by atoms with van der Waals surface area (Å²) < 4.78 is 40.8. The Hall–Kier alpha value is -4.15. The van der Waals surface area contributed by atoms with Crippen LogP contribution in [0.25, 0.3) is 0 Å². The number of fused-ring (bicyclic) bond motifs is 2. The molecule has 11 heteroatoms. The molecule has 1 atom stereocenters. The van der Waals surface area contributed by atoms with E-state index in [0.717, 1.165) is 12.1 Å². The first-order valence-corrected chi connectivity index (χ1v) is 10.5. The van der Waals surface area contributed by atoms with Gasteiger partial charge in [-0.05, 0) is 66.3 Å². The average molecular weight is 489 g/mol. The van der Waals surface area contributed by atoms with Gasteiger partial charge in [0, 0.05) is 17.1 Å². The van der Waals surface area contributed by atoms with Gasteiger partial charge in [-0.15, -0.1) is 13.2 Å².